The van der Waals surface area contributed by atoms with Crippen LogP contribution in [0.1, 0.15) is 47.3 Å². The molecule has 0 spiro atoms. The van der Waals surface area contributed by atoms with Gasteiger partial charge in [0.15, 0.2) is 11.6 Å². The molecule has 5 aromatic rings. The fourth-order valence-electron chi connectivity index (χ4n) is 6.35. The van der Waals surface area contributed by atoms with Crippen molar-refractivity contribution in [2.45, 2.75) is 45.2 Å². The topological polar surface area (TPSA) is 147 Å². The number of likely N-dealkylation sites (tertiary alicyclic amines) is 1. The number of carbonyl (C=O) groups is 1. The van der Waals surface area contributed by atoms with Gasteiger partial charge in [0.05, 0.1) is 10.4 Å². The van der Waals surface area contributed by atoms with Crippen LogP contribution in [0.3, 0.4) is 0 Å². The minimum Gasteiger partial charge on any atom is -0.508 e. The van der Waals surface area contributed by atoms with Gasteiger partial charge in [-0.1, -0.05) is 29.8 Å². The fraction of sp³-hybridized carbons (Fsp3) is 0.294. The molecule has 14 heteroatoms. The minimum absolute atomic E-state index is 0.00959. The number of anilines is 2. The van der Waals surface area contributed by atoms with Gasteiger partial charge >= 0.3 is 6.01 Å². The molecule has 6 rings (SSSR count). The van der Waals surface area contributed by atoms with Gasteiger partial charge in [0.1, 0.15) is 41.3 Å². The minimum atomic E-state index is -3.05. The third-order valence-electron chi connectivity index (χ3n) is 8.74. The molecule has 0 radical (unpaired) electrons. The second-order valence-corrected chi connectivity index (χ2v) is 12.2. The molecular formula is C34H32ClF3N6O4. The summed E-state index contributed by atoms with van der Waals surface area (Å²) in [7, 11) is 1.93. The van der Waals surface area contributed by atoms with Crippen LogP contribution in [-0.4, -0.2) is 68.5 Å². The monoisotopic (exact) mass is 680 g/mol. The van der Waals surface area contributed by atoms with Crippen molar-refractivity contribution in [2.75, 3.05) is 31.2 Å². The van der Waals surface area contributed by atoms with Crippen molar-refractivity contribution in [3.63, 3.8) is 0 Å². The van der Waals surface area contributed by atoms with Gasteiger partial charge in [-0.2, -0.15) is 9.97 Å². The van der Waals surface area contributed by atoms with E-state index in [1.165, 1.54) is 37.4 Å². The summed E-state index contributed by atoms with van der Waals surface area (Å²) in [6.07, 6.45) is 0.0784. The molecule has 48 heavy (non-hydrogen) atoms. The maximum Gasteiger partial charge on any atom is 0.319 e. The van der Waals surface area contributed by atoms with Gasteiger partial charge < -0.3 is 30.9 Å². The first kappa shape index (κ1) is 33.0. The van der Waals surface area contributed by atoms with Crippen LogP contribution in [0.5, 0.6) is 17.5 Å². The summed E-state index contributed by atoms with van der Waals surface area (Å²) < 4.78 is 52.1. The predicted molar refractivity (Wildman–Crippen MR) is 178 cm³/mol. The highest BCUT2D eigenvalue weighted by atomic mass is 35.5. The Hall–Kier alpha value is -4.88. The van der Waals surface area contributed by atoms with Crippen molar-refractivity contribution in [3.8, 4) is 28.6 Å². The Balaban J connectivity index is 1.62. The molecule has 1 aliphatic rings. The average molecular weight is 681 g/mol. The van der Waals surface area contributed by atoms with Crippen molar-refractivity contribution >= 4 is 50.7 Å². The summed E-state index contributed by atoms with van der Waals surface area (Å²) in [4.78, 5) is 27.4. The van der Waals surface area contributed by atoms with E-state index >= 15 is 4.39 Å². The van der Waals surface area contributed by atoms with E-state index in [1.54, 1.807) is 19.1 Å². The van der Waals surface area contributed by atoms with Crippen LogP contribution in [0.2, 0.25) is 5.02 Å². The number of aromatic hydroxyl groups is 2. The van der Waals surface area contributed by atoms with Gasteiger partial charge in [0, 0.05) is 34.3 Å². The zero-order valence-corrected chi connectivity index (χ0v) is 26.9. The number of phenols is 2. The molecule has 0 unspecified atom stereocenters. The van der Waals surface area contributed by atoms with E-state index in [0.29, 0.717) is 10.9 Å². The third kappa shape index (κ3) is 5.88. The Morgan fingerprint density at radius 3 is 2.65 bits per heavy atom. The summed E-state index contributed by atoms with van der Waals surface area (Å²) in [6.45, 7) is 4.06. The number of fused-ring (bicyclic) bond motifs is 2. The number of hydrogen-bond acceptors (Lipinski definition) is 10. The number of ether oxygens (including phenoxy) is 1. The normalized spacial score (nSPS) is 15.8. The number of ketones is 1. The van der Waals surface area contributed by atoms with Crippen molar-refractivity contribution < 1.29 is 32.9 Å². The number of nitrogen functional groups attached to an aromatic ring is 1. The maximum absolute atomic E-state index is 17.0. The molecule has 250 valence electrons. The first-order valence-electron chi connectivity index (χ1n) is 15.1. The first-order chi connectivity index (χ1) is 22.9. The molecule has 2 aromatic heterocycles. The number of pyridine rings is 1. The lowest BCUT2D eigenvalue weighted by molar-refractivity contribution is 0.101. The van der Waals surface area contributed by atoms with Crippen LogP contribution in [0.4, 0.5) is 24.8 Å². The molecule has 1 saturated heterocycles. The van der Waals surface area contributed by atoms with Crippen LogP contribution in [0.15, 0.2) is 42.6 Å². The zero-order valence-electron chi connectivity index (χ0n) is 26.2. The molecule has 10 nitrogen and oxygen atoms in total. The molecule has 0 amide bonds. The number of rotatable bonds is 9. The van der Waals surface area contributed by atoms with E-state index < -0.39 is 45.8 Å². The van der Waals surface area contributed by atoms with E-state index in [9.17, 15) is 23.8 Å². The van der Waals surface area contributed by atoms with Gasteiger partial charge in [0.2, 0.25) is 0 Å². The van der Waals surface area contributed by atoms with E-state index in [4.69, 9.17) is 22.1 Å². The Morgan fingerprint density at radius 1 is 1.21 bits per heavy atom. The van der Waals surface area contributed by atoms with Crippen molar-refractivity contribution in [1.82, 2.24) is 19.9 Å². The number of phenolic OH excluding ortho intramolecular Hbond substituents is 2. The summed E-state index contributed by atoms with van der Waals surface area (Å²) in [5.74, 6) is -2.94. The number of aromatic nitrogens is 3. The fourth-order valence-corrected chi connectivity index (χ4v) is 6.63. The molecule has 5 N–H and O–H groups in total. The number of likely N-dealkylation sites (N-methyl/N-ethyl adjacent to an activating group) is 1. The number of carbonyl (C=O) groups excluding carboxylic acids is 1. The third-order valence-corrected chi connectivity index (χ3v) is 9.11. The number of nitrogens with two attached hydrogens (primary N) is 1. The number of aryl methyl sites for hydroxylation is 1. The van der Waals surface area contributed by atoms with Crippen molar-refractivity contribution in [2.24, 2.45) is 0 Å². The Kier molecular flexibility index (Phi) is 8.92. The molecule has 1 aliphatic heterocycles. The summed E-state index contributed by atoms with van der Waals surface area (Å²) in [6, 6.07) is 6.68. The number of hydrogen-bond donors (Lipinski definition) is 4. The predicted octanol–water partition coefficient (Wildman–Crippen LogP) is 7.03. The van der Waals surface area contributed by atoms with Crippen LogP contribution in [-0.2, 0) is 0 Å². The van der Waals surface area contributed by atoms with Crippen LogP contribution in [0.25, 0.3) is 32.8 Å². The number of alkyl halides is 2. The molecule has 3 heterocycles. The van der Waals surface area contributed by atoms with Gasteiger partial charge in [-0.3, -0.25) is 4.79 Å². The molecular weight excluding hydrogens is 649 g/mol. The lowest BCUT2D eigenvalue weighted by atomic mass is 9.89. The lowest BCUT2D eigenvalue weighted by Crippen LogP contribution is -2.31. The summed E-state index contributed by atoms with van der Waals surface area (Å²) in [5.41, 5.74) is 5.87. The van der Waals surface area contributed by atoms with Crippen molar-refractivity contribution in [3.05, 3.63) is 70.1 Å². The largest absolute Gasteiger partial charge is 0.508 e. The molecule has 0 bridgehead atoms. The first-order valence-corrected chi connectivity index (χ1v) is 15.5. The summed E-state index contributed by atoms with van der Waals surface area (Å²) in [5, 5.41) is 24.6. The highest BCUT2D eigenvalue weighted by Gasteiger charge is 2.31. The lowest BCUT2D eigenvalue weighted by Gasteiger charge is -2.23. The summed E-state index contributed by atoms with van der Waals surface area (Å²) >= 11 is 6.70. The van der Waals surface area contributed by atoms with Gasteiger partial charge in [-0.05, 0) is 75.0 Å². The number of nitrogens with zero attached hydrogens (tertiary/aromatic N) is 4. The van der Waals surface area contributed by atoms with Crippen molar-refractivity contribution in [1.29, 1.82) is 0 Å². The average Bonchev–Trinajstić information content (AvgIpc) is 3.45. The Labute approximate surface area is 278 Å². The standard InChI is InChI=1S/C34H32ClF3N6O4/c1-15-8-9-17-12-19(46)13-21(23(17)22(15)16(2)45)24-26(35)30(47)25-29(27(24)36)42-34(48-14-18-6-5-11-44(18)3)43-33(25)41-28(31(37)38)20-7-4-10-40-32(20)39/h4,7-10,12-13,18,28,31,46-47H,5-6,11,14H2,1-3H3,(H2,39,40)(H,41,42,43)/t18-,28-/m0/s1. The Morgan fingerprint density at radius 2 is 1.98 bits per heavy atom. The molecule has 3 aromatic carbocycles. The highest BCUT2D eigenvalue weighted by molar-refractivity contribution is 6.37. The van der Waals surface area contributed by atoms with Gasteiger partial charge in [-0.15, -0.1) is 0 Å². The quantitative estimate of drug-likeness (QED) is 0.120. The SMILES string of the molecule is CC(=O)c1c(C)ccc2cc(O)cc(-c3c(Cl)c(O)c4c(N[C@@H](c5cccnc5N)C(F)F)nc(OC[C@@H]5CCCN5C)nc4c3F)c12. The van der Waals surface area contributed by atoms with E-state index in [0.717, 1.165) is 19.4 Å². The Bertz CT molecular complexity index is 2080. The maximum atomic E-state index is 17.0. The van der Waals surface area contributed by atoms with Gasteiger partial charge in [-0.25, -0.2) is 18.2 Å². The van der Waals surface area contributed by atoms with Crippen LogP contribution < -0.4 is 15.8 Å². The second kappa shape index (κ2) is 13.0. The van der Waals surface area contributed by atoms with Crippen LogP contribution in [0, 0.1) is 12.7 Å². The smallest absolute Gasteiger partial charge is 0.319 e. The van der Waals surface area contributed by atoms with E-state index in [-0.39, 0.29) is 63.6 Å². The molecule has 2 atom stereocenters. The zero-order chi connectivity index (χ0) is 34.4. The molecule has 0 aliphatic carbocycles. The molecule has 0 saturated carbocycles. The number of halogens is 4. The molecule has 1 fully saturated rings. The second-order valence-electron chi connectivity index (χ2n) is 11.9. The van der Waals surface area contributed by atoms with E-state index in [2.05, 4.69) is 25.2 Å². The number of nitrogens with one attached hydrogen (secondary N) is 1. The number of Topliss-reactive ketones (excluding diaryl/α,β-unsaturated/α-hetero) is 1. The number of benzene rings is 3. The van der Waals surface area contributed by atoms with Crippen LogP contribution >= 0.6 is 11.6 Å². The van der Waals surface area contributed by atoms with Gasteiger partial charge in [0.25, 0.3) is 6.43 Å². The van der Waals surface area contributed by atoms with E-state index in [1.807, 2.05) is 7.05 Å². The highest BCUT2D eigenvalue weighted by Crippen LogP contribution is 2.49.